The maximum Gasteiger partial charge on any atom is 0.251 e. The van der Waals surface area contributed by atoms with E-state index in [1.54, 1.807) is 55.9 Å². The van der Waals surface area contributed by atoms with Crippen LogP contribution in [0.3, 0.4) is 0 Å². The molecule has 0 atom stereocenters. The molecule has 2 aromatic heterocycles. The van der Waals surface area contributed by atoms with Crippen LogP contribution < -0.4 is 10.1 Å². The molecular weight excluding hydrogens is 438 g/mol. The van der Waals surface area contributed by atoms with Crippen molar-refractivity contribution in [2.75, 3.05) is 12.9 Å². The predicted molar refractivity (Wildman–Crippen MR) is 126 cm³/mol. The van der Waals surface area contributed by atoms with Crippen LogP contribution in [0, 0.1) is 6.92 Å². The fourth-order valence-electron chi connectivity index (χ4n) is 3.25. The second-order valence-electron chi connectivity index (χ2n) is 7.27. The minimum Gasteiger partial charge on any atom is -0.497 e. The van der Waals surface area contributed by atoms with E-state index in [0.29, 0.717) is 34.3 Å². The number of nitrogens with zero attached hydrogens (tertiary/aromatic N) is 2. The number of Topliss-reactive ketones (excluding diaryl/α,β-unsaturated/α-hetero) is 1. The first-order valence-electron chi connectivity index (χ1n) is 10.3. The van der Waals surface area contributed by atoms with E-state index in [2.05, 4.69) is 10.3 Å². The second-order valence-corrected chi connectivity index (χ2v) is 8.21. The number of methoxy groups -OCH3 is 1. The summed E-state index contributed by atoms with van der Waals surface area (Å²) in [6.07, 6.45) is 3.48. The van der Waals surface area contributed by atoms with Crippen molar-refractivity contribution in [3.63, 3.8) is 0 Å². The summed E-state index contributed by atoms with van der Waals surface area (Å²) in [5.41, 5.74) is 1.89. The summed E-state index contributed by atoms with van der Waals surface area (Å²) in [6.45, 7) is 2.18. The van der Waals surface area contributed by atoms with Crippen LogP contribution in [0.2, 0.25) is 0 Å². The van der Waals surface area contributed by atoms with E-state index >= 15 is 0 Å². The van der Waals surface area contributed by atoms with Crippen LogP contribution in [0.15, 0.2) is 82.6 Å². The molecule has 0 fully saturated rings. The van der Waals surface area contributed by atoms with Gasteiger partial charge < -0.3 is 14.5 Å². The Bertz CT molecular complexity index is 1280. The van der Waals surface area contributed by atoms with Crippen molar-refractivity contribution < 1.29 is 18.7 Å². The van der Waals surface area contributed by atoms with Gasteiger partial charge in [0, 0.05) is 29.2 Å². The zero-order chi connectivity index (χ0) is 23.2. The molecule has 0 bridgehead atoms. The quantitative estimate of drug-likeness (QED) is 0.288. The standard InChI is InChI=1S/C25H23N3O4S/c1-17-9-10-22(32-17)15-27-24(30)19-6-3-7-20(13-19)28-12-11-26-25(28)33-16-23(29)18-5-4-8-21(14-18)31-2/h3-14H,15-16H2,1-2H3,(H,27,30). The van der Waals surface area contributed by atoms with Crippen LogP contribution in [0.1, 0.15) is 32.2 Å². The molecular formula is C25H23N3O4S. The van der Waals surface area contributed by atoms with Crippen LogP contribution in [0.25, 0.3) is 5.69 Å². The number of imidazole rings is 1. The Morgan fingerprint density at radius 2 is 1.91 bits per heavy atom. The first-order valence-corrected chi connectivity index (χ1v) is 11.3. The van der Waals surface area contributed by atoms with Gasteiger partial charge in [-0.1, -0.05) is 30.0 Å². The normalized spacial score (nSPS) is 10.7. The molecule has 4 rings (SSSR count). The van der Waals surface area contributed by atoms with Crippen molar-refractivity contribution in [3.8, 4) is 11.4 Å². The lowest BCUT2D eigenvalue weighted by Gasteiger charge is -2.10. The summed E-state index contributed by atoms with van der Waals surface area (Å²) in [6, 6.07) is 18.0. The number of aryl methyl sites for hydroxylation is 1. The molecule has 2 aromatic carbocycles. The van der Waals surface area contributed by atoms with Crippen molar-refractivity contribution in [2.24, 2.45) is 0 Å². The van der Waals surface area contributed by atoms with Gasteiger partial charge >= 0.3 is 0 Å². The summed E-state index contributed by atoms with van der Waals surface area (Å²) in [7, 11) is 1.57. The summed E-state index contributed by atoms with van der Waals surface area (Å²) in [5, 5.41) is 3.53. The summed E-state index contributed by atoms with van der Waals surface area (Å²) < 4.78 is 12.5. The van der Waals surface area contributed by atoms with Gasteiger partial charge in [-0.25, -0.2) is 4.98 Å². The summed E-state index contributed by atoms with van der Waals surface area (Å²) in [5.74, 6) is 2.16. The number of ether oxygens (including phenoxy) is 1. The van der Waals surface area contributed by atoms with Crippen LogP contribution in [0.4, 0.5) is 0 Å². The van der Waals surface area contributed by atoms with E-state index in [1.165, 1.54) is 11.8 Å². The largest absolute Gasteiger partial charge is 0.497 e. The van der Waals surface area contributed by atoms with Crippen LogP contribution in [-0.2, 0) is 6.54 Å². The number of furan rings is 1. The molecule has 1 amide bonds. The molecule has 0 radical (unpaired) electrons. The number of ketones is 1. The average Bonchev–Trinajstić information content (AvgIpc) is 3.49. The number of carbonyl (C=O) groups is 2. The number of thioether (sulfide) groups is 1. The number of rotatable bonds is 9. The summed E-state index contributed by atoms with van der Waals surface area (Å²) >= 11 is 1.34. The van der Waals surface area contributed by atoms with Gasteiger partial charge in [-0.3, -0.25) is 14.2 Å². The van der Waals surface area contributed by atoms with Crippen molar-refractivity contribution in [2.45, 2.75) is 18.6 Å². The van der Waals surface area contributed by atoms with E-state index < -0.39 is 0 Å². The van der Waals surface area contributed by atoms with Gasteiger partial charge in [-0.15, -0.1) is 0 Å². The average molecular weight is 462 g/mol. The Balaban J connectivity index is 1.43. The molecule has 1 N–H and O–H groups in total. The second kappa shape index (κ2) is 10.2. The molecule has 8 heteroatoms. The Labute approximate surface area is 195 Å². The Morgan fingerprint density at radius 3 is 2.70 bits per heavy atom. The molecule has 33 heavy (non-hydrogen) atoms. The zero-order valence-corrected chi connectivity index (χ0v) is 19.1. The smallest absolute Gasteiger partial charge is 0.251 e. The Kier molecular flexibility index (Phi) is 6.95. The van der Waals surface area contributed by atoms with Gasteiger partial charge in [0.1, 0.15) is 17.3 Å². The Morgan fingerprint density at radius 1 is 1.09 bits per heavy atom. The third kappa shape index (κ3) is 5.53. The SMILES string of the molecule is COc1cccc(C(=O)CSc2nccn2-c2cccc(C(=O)NCc3ccc(C)o3)c2)c1. The fourth-order valence-corrected chi connectivity index (χ4v) is 4.12. The zero-order valence-electron chi connectivity index (χ0n) is 18.3. The van der Waals surface area contributed by atoms with Crippen molar-refractivity contribution in [1.29, 1.82) is 0 Å². The van der Waals surface area contributed by atoms with Crippen LogP contribution in [0.5, 0.6) is 5.75 Å². The number of amides is 1. The van der Waals surface area contributed by atoms with Crippen LogP contribution in [-0.4, -0.2) is 34.1 Å². The number of hydrogen-bond acceptors (Lipinski definition) is 6. The maximum atomic E-state index is 12.6. The topological polar surface area (TPSA) is 86.4 Å². The maximum absolute atomic E-state index is 12.6. The lowest BCUT2D eigenvalue weighted by molar-refractivity contribution is 0.0947. The number of carbonyl (C=O) groups excluding carboxylic acids is 2. The van der Waals surface area contributed by atoms with Gasteiger partial charge in [0.15, 0.2) is 10.9 Å². The van der Waals surface area contributed by atoms with Gasteiger partial charge in [-0.05, 0) is 49.4 Å². The molecule has 0 saturated heterocycles. The van der Waals surface area contributed by atoms with E-state index in [0.717, 1.165) is 11.4 Å². The molecule has 0 aliphatic rings. The molecule has 7 nitrogen and oxygen atoms in total. The third-order valence-electron chi connectivity index (χ3n) is 4.94. The highest BCUT2D eigenvalue weighted by molar-refractivity contribution is 7.99. The van der Waals surface area contributed by atoms with Crippen molar-refractivity contribution in [3.05, 3.63) is 95.7 Å². The van der Waals surface area contributed by atoms with E-state index in [9.17, 15) is 9.59 Å². The molecule has 0 unspecified atom stereocenters. The van der Waals surface area contributed by atoms with Crippen molar-refractivity contribution >= 4 is 23.5 Å². The molecule has 0 aliphatic carbocycles. The number of hydrogen-bond donors (Lipinski definition) is 1. The van der Waals surface area contributed by atoms with Gasteiger partial charge in [0.05, 0.1) is 19.4 Å². The van der Waals surface area contributed by atoms with E-state index in [-0.39, 0.29) is 17.4 Å². The monoisotopic (exact) mass is 461 g/mol. The number of benzene rings is 2. The van der Waals surface area contributed by atoms with Crippen molar-refractivity contribution in [1.82, 2.24) is 14.9 Å². The first kappa shape index (κ1) is 22.4. The summed E-state index contributed by atoms with van der Waals surface area (Å²) in [4.78, 5) is 29.6. The minimum absolute atomic E-state index is 0.0188. The van der Waals surface area contributed by atoms with E-state index in [1.807, 2.05) is 35.8 Å². The number of nitrogens with one attached hydrogen (secondary N) is 1. The number of aromatic nitrogens is 2. The van der Waals surface area contributed by atoms with Gasteiger partial charge in [0.25, 0.3) is 5.91 Å². The molecule has 0 aliphatic heterocycles. The third-order valence-corrected chi connectivity index (χ3v) is 5.90. The molecule has 0 spiro atoms. The predicted octanol–water partition coefficient (Wildman–Crippen LogP) is 4.69. The van der Waals surface area contributed by atoms with Gasteiger partial charge in [-0.2, -0.15) is 0 Å². The van der Waals surface area contributed by atoms with E-state index in [4.69, 9.17) is 9.15 Å². The highest BCUT2D eigenvalue weighted by atomic mass is 32.2. The van der Waals surface area contributed by atoms with Gasteiger partial charge in [0.2, 0.25) is 0 Å². The molecule has 0 saturated carbocycles. The highest BCUT2D eigenvalue weighted by Gasteiger charge is 2.13. The molecule has 4 aromatic rings. The molecule has 2 heterocycles. The lowest BCUT2D eigenvalue weighted by Crippen LogP contribution is -2.22. The molecule has 168 valence electrons. The fraction of sp³-hybridized carbons (Fsp3) is 0.160. The Hall–Kier alpha value is -3.78. The first-order chi connectivity index (χ1) is 16.0. The lowest BCUT2D eigenvalue weighted by atomic mass is 10.1. The minimum atomic E-state index is -0.201. The highest BCUT2D eigenvalue weighted by Crippen LogP contribution is 2.23. The van der Waals surface area contributed by atoms with Crippen LogP contribution >= 0.6 is 11.8 Å².